The van der Waals surface area contributed by atoms with E-state index >= 15 is 0 Å². The second-order valence-corrected chi connectivity index (χ2v) is 10.1. The van der Waals surface area contributed by atoms with Crippen LogP contribution in [0, 0.1) is 5.82 Å². The topological polar surface area (TPSA) is 141 Å². The molecule has 3 rings (SSSR count). The van der Waals surface area contributed by atoms with Crippen LogP contribution in [0.2, 0.25) is 0 Å². The highest BCUT2D eigenvalue weighted by Gasteiger charge is 2.20. The molecule has 2 N–H and O–H groups in total. The Kier molecular flexibility index (Phi) is 10.1. The molecule has 1 aromatic heterocycles. The van der Waals surface area contributed by atoms with Gasteiger partial charge in [0.05, 0.1) is 10.5 Å². The minimum absolute atomic E-state index is 0.0866. The summed E-state index contributed by atoms with van der Waals surface area (Å²) in [6, 6.07) is 13.4. The number of ether oxygens (including phenoxy) is 2. The molecular weight excluding hydrogens is 529 g/mol. The van der Waals surface area contributed by atoms with Gasteiger partial charge in [-0.3, -0.25) is 9.59 Å². The summed E-state index contributed by atoms with van der Waals surface area (Å²) < 4.78 is 50.3. The van der Waals surface area contributed by atoms with Crippen LogP contribution in [0.4, 0.5) is 9.18 Å². The number of nitrogens with zero attached hydrogens (tertiary/aromatic N) is 1. The normalized spacial score (nSPS) is 11.1. The Hall–Kier alpha value is -4.32. The number of aromatic nitrogens is 1. The van der Waals surface area contributed by atoms with Gasteiger partial charge in [0.25, 0.3) is 21.8 Å². The highest BCUT2D eigenvalue weighted by atomic mass is 32.2. The highest BCUT2D eigenvalue weighted by Crippen LogP contribution is 2.14. The molecule has 0 aliphatic carbocycles. The maximum Gasteiger partial charge on any atom is 0.515 e. The Labute approximate surface area is 225 Å². The number of rotatable bonds is 11. The van der Waals surface area contributed by atoms with Gasteiger partial charge in [0, 0.05) is 24.4 Å². The lowest BCUT2D eigenvalue weighted by atomic mass is 10.1. The number of amides is 2. The Balaban J connectivity index is 1.53. The third-order valence-electron chi connectivity index (χ3n) is 5.63. The van der Waals surface area contributed by atoms with E-state index in [1.165, 1.54) is 48.5 Å². The molecule has 0 bridgehead atoms. The molecule has 0 spiro atoms. The highest BCUT2D eigenvalue weighted by molar-refractivity contribution is 7.90. The molecule has 1 heterocycles. The quantitative estimate of drug-likeness (QED) is 0.337. The van der Waals surface area contributed by atoms with Gasteiger partial charge < -0.3 is 14.8 Å². The first-order valence-corrected chi connectivity index (χ1v) is 13.6. The predicted molar refractivity (Wildman–Crippen MR) is 139 cm³/mol. The largest absolute Gasteiger partial charge is 0.515 e. The van der Waals surface area contributed by atoms with Crippen molar-refractivity contribution in [3.05, 3.63) is 89.4 Å². The van der Waals surface area contributed by atoms with E-state index in [0.717, 1.165) is 11.8 Å². The molecular formula is C27H28FN3O7S. The summed E-state index contributed by atoms with van der Waals surface area (Å²) in [4.78, 5) is 40.3. The van der Waals surface area contributed by atoms with Gasteiger partial charge in [0.15, 0.2) is 0 Å². The molecule has 39 heavy (non-hydrogen) atoms. The van der Waals surface area contributed by atoms with Gasteiger partial charge in [0.2, 0.25) is 5.88 Å². The lowest BCUT2D eigenvalue weighted by molar-refractivity contribution is 0.0538. The third-order valence-corrected chi connectivity index (χ3v) is 6.97. The van der Waals surface area contributed by atoms with Crippen molar-refractivity contribution < 1.29 is 36.7 Å². The lowest BCUT2D eigenvalue weighted by Gasteiger charge is -2.13. The maximum atomic E-state index is 13.0. The Morgan fingerprint density at radius 1 is 0.897 bits per heavy atom. The second kappa shape index (κ2) is 13.5. The zero-order valence-corrected chi connectivity index (χ0v) is 22.2. The molecule has 2 amide bonds. The Morgan fingerprint density at radius 2 is 1.54 bits per heavy atom. The fourth-order valence-electron chi connectivity index (χ4n) is 3.37. The monoisotopic (exact) mass is 557 g/mol. The van der Waals surface area contributed by atoms with Gasteiger partial charge in [-0.1, -0.05) is 26.0 Å². The zero-order chi connectivity index (χ0) is 28.4. The molecule has 12 heteroatoms. The van der Waals surface area contributed by atoms with Crippen LogP contribution in [0.3, 0.4) is 0 Å². The minimum atomic E-state index is -4.25. The second-order valence-electron chi connectivity index (χ2n) is 8.38. The molecule has 0 aliphatic rings. The summed E-state index contributed by atoms with van der Waals surface area (Å²) in [5.74, 6) is -1.82. The van der Waals surface area contributed by atoms with Crippen molar-refractivity contribution >= 4 is 28.0 Å². The van der Waals surface area contributed by atoms with Crippen LogP contribution in [0.1, 0.15) is 53.0 Å². The average molecular weight is 558 g/mol. The summed E-state index contributed by atoms with van der Waals surface area (Å²) in [5.41, 5.74) is 0.990. The van der Waals surface area contributed by atoms with Crippen molar-refractivity contribution in [3.8, 4) is 5.88 Å². The first kappa shape index (κ1) is 29.2. The molecule has 2 aromatic carbocycles. The summed E-state index contributed by atoms with van der Waals surface area (Å²) in [6.07, 6.45) is 1.59. The predicted octanol–water partition coefficient (Wildman–Crippen LogP) is 4.02. The van der Waals surface area contributed by atoms with Crippen LogP contribution in [0.25, 0.3) is 0 Å². The molecule has 3 aromatic rings. The summed E-state index contributed by atoms with van der Waals surface area (Å²) >= 11 is 0. The van der Waals surface area contributed by atoms with Crippen LogP contribution in [0.15, 0.2) is 71.8 Å². The van der Waals surface area contributed by atoms with Gasteiger partial charge in [-0.2, -0.15) is 0 Å². The molecule has 0 saturated heterocycles. The Morgan fingerprint density at radius 3 is 2.13 bits per heavy atom. The zero-order valence-electron chi connectivity index (χ0n) is 21.3. The molecule has 0 unspecified atom stereocenters. The van der Waals surface area contributed by atoms with E-state index in [9.17, 15) is 27.2 Å². The molecule has 0 fully saturated rings. The molecule has 10 nitrogen and oxygen atoms in total. The first-order valence-electron chi connectivity index (χ1n) is 12.2. The van der Waals surface area contributed by atoms with Gasteiger partial charge in [0.1, 0.15) is 11.9 Å². The van der Waals surface area contributed by atoms with E-state index in [2.05, 4.69) is 10.3 Å². The minimum Gasteiger partial charge on any atom is -0.431 e. The van der Waals surface area contributed by atoms with Crippen molar-refractivity contribution in [1.29, 1.82) is 0 Å². The number of sulfonamides is 1. The van der Waals surface area contributed by atoms with E-state index in [-0.39, 0.29) is 33.8 Å². The van der Waals surface area contributed by atoms with Crippen molar-refractivity contribution in [1.82, 2.24) is 15.0 Å². The molecule has 0 radical (unpaired) electrons. The van der Waals surface area contributed by atoms with Gasteiger partial charge in [-0.25, -0.2) is 27.3 Å². The van der Waals surface area contributed by atoms with E-state index in [1.807, 2.05) is 18.6 Å². The van der Waals surface area contributed by atoms with Crippen molar-refractivity contribution in [3.63, 3.8) is 0 Å². The van der Waals surface area contributed by atoms with Crippen molar-refractivity contribution in [2.24, 2.45) is 0 Å². The molecule has 0 aliphatic heterocycles. The number of hydrogen-bond acceptors (Lipinski definition) is 8. The summed E-state index contributed by atoms with van der Waals surface area (Å²) in [6.45, 7) is 4.04. The average Bonchev–Trinajstić information content (AvgIpc) is 2.93. The number of benzene rings is 2. The van der Waals surface area contributed by atoms with E-state index in [1.54, 1.807) is 12.1 Å². The summed E-state index contributed by atoms with van der Waals surface area (Å²) in [7, 11) is -4.25. The fraction of sp³-hybridized carbons (Fsp3) is 0.259. The van der Waals surface area contributed by atoms with E-state index in [0.29, 0.717) is 25.8 Å². The number of halogens is 1. The standard InChI is InChI=1S/C27H28FN3O7S/c1-3-22(4-2)37-27(34)38-24-14-9-20(17-30-24)26(33)31-39(35,36)23-12-7-19(8-13-23)25(32)29-16-15-18-5-10-21(28)11-6-18/h5-14,17,22H,3-4,15-16H2,1-2H3,(H,29,32)(H,31,33). The van der Waals surface area contributed by atoms with Gasteiger partial charge in [-0.15, -0.1) is 0 Å². The smallest absolute Gasteiger partial charge is 0.431 e. The summed E-state index contributed by atoms with van der Waals surface area (Å²) in [5, 5.41) is 2.71. The number of carbonyl (C=O) groups is 3. The van der Waals surface area contributed by atoms with Gasteiger partial charge >= 0.3 is 6.16 Å². The van der Waals surface area contributed by atoms with E-state index in [4.69, 9.17) is 9.47 Å². The van der Waals surface area contributed by atoms with Crippen molar-refractivity contribution in [2.45, 2.75) is 44.1 Å². The van der Waals surface area contributed by atoms with Crippen LogP contribution >= 0.6 is 0 Å². The Bertz CT molecular complexity index is 1390. The van der Waals surface area contributed by atoms with Crippen LogP contribution < -0.4 is 14.8 Å². The first-order chi connectivity index (χ1) is 18.6. The molecule has 0 atom stereocenters. The molecule has 206 valence electrons. The third kappa shape index (κ3) is 8.60. The van der Waals surface area contributed by atoms with Crippen molar-refractivity contribution in [2.75, 3.05) is 6.54 Å². The maximum absolute atomic E-state index is 13.0. The van der Waals surface area contributed by atoms with E-state index < -0.39 is 28.0 Å². The number of pyridine rings is 1. The van der Waals surface area contributed by atoms with Crippen LogP contribution in [0.5, 0.6) is 5.88 Å². The van der Waals surface area contributed by atoms with Crippen LogP contribution in [-0.2, 0) is 21.2 Å². The number of hydrogen-bond donors (Lipinski definition) is 2. The number of carbonyl (C=O) groups excluding carboxylic acids is 3. The number of nitrogens with one attached hydrogen (secondary N) is 2. The SMILES string of the molecule is CCC(CC)OC(=O)Oc1ccc(C(=O)NS(=O)(=O)c2ccc(C(=O)NCCc3ccc(F)cc3)cc2)cn1. The van der Waals surface area contributed by atoms with Gasteiger partial charge in [-0.05, 0) is 67.3 Å². The lowest BCUT2D eigenvalue weighted by Crippen LogP contribution is -2.31. The van der Waals surface area contributed by atoms with Crippen LogP contribution in [-0.4, -0.2) is 44.0 Å². The fourth-order valence-corrected chi connectivity index (χ4v) is 4.35. The molecule has 0 saturated carbocycles.